The van der Waals surface area contributed by atoms with E-state index in [1.165, 1.54) is 18.2 Å². The van der Waals surface area contributed by atoms with Crippen molar-refractivity contribution in [1.82, 2.24) is 15.2 Å². The largest absolute Gasteiger partial charge is 0.281 e. The second kappa shape index (κ2) is 8.09. The van der Waals surface area contributed by atoms with Crippen molar-refractivity contribution in [3.8, 4) is 11.4 Å². The maximum absolute atomic E-state index is 14.1. The van der Waals surface area contributed by atoms with Crippen molar-refractivity contribution in [3.05, 3.63) is 71.1 Å². The van der Waals surface area contributed by atoms with Crippen molar-refractivity contribution in [2.75, 3.05) is 0 Å². The maximum Gasteiger partial charge on any atom is 0.181 e. The molecule has 1 atom stereocenters. The molecule has 0 amide bonds. The minimum Gasteiger partial charge on any atom is -0.281 e. The number of hydrogen-bond donors (Lipinski definition) is 1. The van der Waals surface area contributed by atoms with E-state index >= 15 is 0 Å². The van der Waals surface area contributed by atoms with Crippen LogP contribution in [0.5, 0.6) is 0 Å². The van der Waals surface area contributed by atoms with Gasteiger partial charge in [0.15, 0.2) is 5.82 Å². The molecule has 0 saturated heterocycles. The van der Waals surface area contributed by atoms with Crippen LogP contribution in [-0.4, -0.2) is 20.9 Å². The molecule has 3 aromatic rings. The summed E-state index contributed by atoms with van der Waals surface area (Å²) in [6.45, 7) is 6.50. The molecule has 4 nitrogen and oxygen atoms in total. The summed E-state index contributed by atoms with van der Waals surface area (Å²) in [5.41, 5.74) is 2.44. The summed E-state index contributed by atoms with van der Waals surface area (Å²) in [5.74, 6) is 0.463. The molecule has 1 N–H and O–H groups in total. The highest BCUT2D eigenvalue weighted by molar-refractivity contribution is 6.02. The van der Waals surface area contributed by atoms with Crippen LogP contribution >= 0.6 is 0 Å². The third-order valence-corrected chi connectivity index (χ3v) is 6.39. The molecule has 0 radical (unpaired) electrons. The molecule has 6 heteroatoms. The summed E-state index contributed by atoms with van der Waals surface area (Å²) in [6, 6.07) is 11.8. The molecule has 0 bridgehead atoms. The topological polar surface area (TPSA) is 53.9 Å². The van der Waals surface area contributed by atoms with Crippen molar-refractivity contribution in [3.63, 3.8) is 0 Å². The second-order valence-electron chi connectivity index (χ2n) is 8.12. The van der Waals surface area contributed by atoms with E-state index in [1.54, 1.807) is 0 Å². The number of nitrogens with zero attached hydrogens (tertiary/aromatic N) is 3. The van der Waals surface area contributed by atoms with E-state index in [0.29, 0.717) is 18.0 Å². The van der Waals surface area contributed by atoms with Gasteiger partial charge in [-0.2, -0.15) is 5.10 Å². The van der Waals surface area contributed by atoms with E-state index in [4.69, 9.17) is 4.98 Å². The zero-order valence-corrected chi connectivity index (χ0v) is 17.5. The summed E-state index contributed by atoms with van der Waals surface area (Å²) in [5, 5.41) is 7.50. The molecule has 0 spiro atoms. The van der Waals surface area contributed by atoms with E-state index in [9.17, 15) is 8.78 Å². The van der Waals surface area contributed by atoms with Gasteiger partial charge in [-0.25, -0.2) is 13.8 Å². The number of aliphatic imine (C=N–C) groups is 1. The Labute approximate surface area is 175 Å². The first kappa shape index (κ1) is 20.4. The molecule has 2 aromatic carbocycles. The Bertz CT molecular complexity index is 1040. The Kier molecular flexibility index (Phi) is 5.50. The molecule has 0 saturated carbocycles. The third kappa shape index (κ3) is 3.66. The van der Waals surface area contributed by atoms with Gasteiger partial charge in [0, 0.05) is 16.7 Å². The van der Waals surface area contributed by atoms with Crippen molar-refractivity contribution in [2.24, 2.45) is 4.99 Å². The minimum atomic E-state index is -0.559. The quantitative estimate of drug-likeness (QED) is 0.532. The number of hydrogen-bond acceptors (Lipinski definition) is 3. The first-order valence-electron chi connectivity index (χ1n) is 10.5. The summed E-state index contributed by atoms with van der Waals surface area (Å²) < 4.78 is 28.1. The minimum absolute atomic E-state index is 0.000213. The van der Waals surface area contributed by atoms with Gasteiger partial charge in [0.2, 0.25) is 0 Å². The van der Waals surface area contributed by atoms with E-state index in [-0.39, 0.29) is 17.0 Å². The van der Waals surface area contributed by atoms with Gasteiger partial charge >= 0.3 is 0 Å². The molecule has 0 aliphatic carbocycles. The smallest absolute Gasteiger partial charge is 0.181 e. The predicted octanol–water partition coefficient (Wildman–Crippen LogP) is 6.15. The lowest BCUT2D eigenvalue weighted by Crippen LogP contribution is -2.21. The molecule has 156 valence electrons. The number of benzene rings is 2. The van der Waals surface area contributed by atoms with Crippen LogP contribution in [-0.2, 0) is 5.41 Å². The fourth-order valence-corrected chi connectivity index (χ4v) is 3.89. The Morgan fingerprint density at radius 3 is 2.33 bits per heavy atom. The monoisotopic (exact) mass is 408 g/mol. The van der Waals surface area contributed by atoms with Gasteiger partial charge in [-0.15, -0.1) is 0 Å². The van der Waals surface area contributed by atoms with Crippen LogP contribution in [0.1, 0.15) is 69.4 Å². The lowest BCUT2D eigenvalue weighted by atomic mass is 9.84. The highest BCUT2D eigenvalue weighted by Gasteiger charge is 2.27. The van der Waals surface area contributed by atoms with Gasteiger partial charge in [-0.3, -0.25) is 10.1 Å². The molecule has 1 aliphatic rings. The van der Waals surface area contributed by atoms with Gasteiger partial charge in [0.25, 0.3) is 0 Å². The molecular formula is C24H26F2N4. The zero-order valence-electron chi connectivity index (χ0n) is 17.5. The fourth-order valence-electron chi connectivity index (χ4n) is 3.89. The first-order valence-corrected chi connectivity index (χ1v) is 10.5. The van der Waals surface area contributed by atoms with E-state index in [2.05, 4.69) is 36.0 Å². The first-order chi connectivity index (χ1) is 14.4. The lowest BCUT2D eigenvalue weighted by Gasteiger charge is -2.22. The standard InChI is InChI=1S/C24H26F2N4/c1-4-24(3,5-2)23-28-22(29-30-23)16-11-9-15(10-12-16)19-13-14-20(27-19)21-17(25)7-6-8-18(21)26/h6-12,19H,4-5,13-14H2,1-3H3,(H,28,29,30). The van der Waals surface area contributed by atoms with Crippen molar-refractivity contribution < 1.29 is 8.78 Å². The number of rotatable bonds is 6. The van der Waals surface area contributed by atoms with Gasteiger partial charge < -0.3 is 0 Å². The van der Waals surface area contributed by atoms with Gasteiger partial charge in [0.1, 0.15) is 17.5 Å². The summed E-state index contributed by atoms with van der Waals surface area (Å²) >= 11 is 0. The highest BCUT2D eigenvalue weighted by Crippen LogP contribution is 2.34. The normalized spacial score (nSPS) is 16.7. The van der Waals surface area contributed by atoms with Gasteiger partial charge in [-0.1, -0.05) is 51.1 Å². The second-order valence-corrected chi connectivity index (χ2v) is 8.12. The Morgan fingerprint density at radius 1 is 1.03 bits per heavy atom. The molecule has 4 rings (SSSR count). The third-order valence-electron chi connectivity index (χ3n) is 6.39. The van der Waals surface area contributed by atoms with Crippen molar-refractivity contribution in [2.45, 2.75) is 57.9 Å². The molecule has 0 fully saturated rings. The van der Waals surface area contributed by atoms with Gasteiger partial charge in [-0.05, 0) is 43.4 Å². The van der Waals surface area contributed by atoms with E-state index in [1.807, 2.05) is 24.3 Å². The summed E-state index contributed by atoms with van der Waals surface area (Å²) in [7, 11) is 0. The fraction of sp³-hybridized carbons (Fsp3) is 0.375. The van der Waals surface area contributed by atoms with Crippen molar-refractivity contribution >= 4 is 5.71 Å². The molecule has 1 aliphatic heterocycles. The molecule has 1 unspecified atom stereocenters. The predicted molar refractivity (Wildman–Crippen MR) is 115 cm³/mol. The van der Waals surface area contributed by atoms with Gasteiger partial charge in [0.05, 0.1) is 11.6 Å². The van der Waals surface area contributed by atoms with Crippen LogP contribution in [0.3, 0.4) is 0 Å². The Morgan fingerprint density at radius 2 is 1.70 bits per heavy atom. The summed E-state index contributed by atoms with van der Waals surface area (Å²) in [6.07, 6.45) is 3.27. The molecular weight excluding hydrogens is 382 g/mol. The number of aromatic amines is 1. The van der Waals surface area contributed by atoms with Crippen LogP contribution in [0.15, 0.2) is 47.5 Å². The van der Waals surface area contributed by atoms with Crippen LogP contribution in [0.2, 0.25) is 0 Å². The maximum atomic E-state index is 14.1. The van der Waals surface area contributed by atoms with Crippen molar-refractivity contribution in [1.29, 1.82) is 0 Å². The number of aromatic nitrogens is 3. The number of H-pyrrole nitrogens is 1. The van der Waals surface area contributed by atoms with E-state index < -0.39 is 11.6 Å². The summed E-state index contributed by atoms with van der Waals surface area (Å²) in [4.78, 5) is 9.33. The number of nitrogens with one attached hydrogen (secondary N) is 1. The highest BCUT2D eigenvalue weighted by atomic mass is 19.1. The van der Waals surface area contributed by atoms with Crippen LogP contribution in [0.25, 0.3) is 11.4 Å². The average Bonchev–Trinajstić information content (AvgIpc) is 3.44. The van der Waals surface area contributed by atoms with Crippen LogP contribution in [0, 0.1) is 11.6 Å². The lowest BCUT2D eigenvalue weighted by molar-refractivity contribution is 0.413. The average molecular weight is 408 g/mol. The zero-order chi connectivity index (χ0) is 21.3. The van der Waals surface area contributed by atoms with E-state index in [0.717, 1.165) is 36.2 Å². The van der Waals surface area contributed by atoms with Crippen LogP contribution in [0.4, 0.5) is 8.78 Å². The molecule has 1 aromatic heterocycles. The number of halogens is 2. The Balaban J connectivity index is 1.55. The van der Waals surface area contributed by atoms with Crippen LogP contribution < -0.4 is 0 Å². The SMILES string of the molecule is CCC(C)(CC)c1nc(-c2ccc(C3CCC(c4c(F)cccc4F)=N3)cc2)n[nH]1. The Hall–Kier alpha value is -2.89. The molecule has 30 heavy (non-hydrogen) atoms. The molecule has 2 heterocycles.